The van der Waals surface area contributed by atoms with Crippen LogP contribution in [-0.4, -0.2) is 5.78 Å². The summed E-state index contributed by atoms with van der Waals surface area (Å²) in [6.45, 7) is 1.90. The molecule has 0 aromatic heterocycles. The summed E-state index contributed by atoms with van der Waals surface area (Å²) in [5.41, 5.74) is 1.85. The van der Waals surface area contributed by atoms with Gasteiger partial charge in [-0.1, -0.05) is 27.5 Å². The lowest BCUT2D eigenvalue weighted by Crippen LogP contribution is -2.05. The minimum Gasteiger partial charge on any atom is -0.294 e. The van der Waals surface area contributed by atoms with Crippen molar-refractivity contribution in [2.24, 2.45) is 0 Å². The second-order valence-corrected chi connectivity index (χ2v) is 5.71. The Kier molecular flexibility index (Phi) is 4.38. The van der Waals surface area contributed by atoms with E-state index in [1.807, 2.05) is 13.0 Å². The number of carbonyl (C=O) groups excluding carboxylic acids is 1. The molecule has 0 saturated heterocycles. The molecule has 19 heavy (non-hydrogen) atoms. The first kappa shape index (κ1) is 14.2. The van der Waals surface area contributed by atoms with Gasteiger partial charge < -0.3 is 0 Å². The predicted molar refractivity (Wildman–Crippen MR) is 78.3 cm³/mol. The zero-order valence-electron chi connectivity index (χ0n) is 10.2. The molecule has 2 aromatic rings. The second kappa shape index (κ2) is 5.85. The van der Waals surface area contributed by atoms with Crippen LogP contribution in [0.15, 0.2) is 40.9 Å². The van der Waals surface area contributed by atoms with Crippen LogP contribution in [0.2, 0.25) is 5.02 Å². The van der Waals surface area contributed by atoms with Crippen molar-refractivity contribution < 1.29 is 9.18 Å². The van der Waals surface area contributed by atoms with Crippen LogP contribution in [0.5, 0.6) is 0 Å². The van der Waals surface area contributed by atoms with E-state index in [2.05, 4.69) is 15.9 Å². The van der Waals surface area contributed by atoms with Gasteiger partial charge in [-0.15, -0.1) is 0 Å². The maximum Gasteiger partial charge on any atom is 0.167 e. The molecule has 0 bridgehead atoms. The molecule has 0 aliphatic carbocycles. The molecular formula is C15H11BrClFO. The fraction of sp³-hybridized carbons (Fsp3) is 0.133. The summed E-state index contributed by atoms with van der Waals surface area (Å²) >= 11 is 9.16. The molecule has 2 aromatic carbocycles. The van der Waals surface area contributed by atoms with Crippen molar-refractivity contribution >= 4 is 33.3 Å². The van der Waals surface area contributed by atoms with Crippen molar-refractivity contribution in [3.63, 3.8) is 0 Å². The van der Waals surface area contributed by atoms with Crippen LogP contribution in [0.3, 0.4) is 0 Å². The Morgan fingerprint density at radius 2 is 2.00 bits per heavy atom. The molecule has 0 heterocycles. The van der Waals surface area contributed by atoms with Gasteiger partial charge in [-0.25, -0.2) is 4.39 Å². The van der Waals surface area contributed by atoms with Crippen molar-refractivity contribution in [1.29, 1.82) is 0 Å². The van der Waals surface area contributed by atoms with E-state index in [4.69, 9.17) is 11.6 Å². The normalized spacial score (nSPS) is 10.5. The van der Waals surface area contributed by atoms with E-state index in [1.165, 1.54) is 18.2 Å². The Morgan fingerprint density at radius 1 is 1.26 bits per heavy atom. The molecular weight excluding hydrogens is 331 g/mol. The monoisotopic (exact) mass is 340 g/mol. The fourth-order valence-corrected chi connectivity index (χ4v) is 2.65. The minimum atomic E-state index is -0.413. The second-order valence-electron chi connectivity index (χ2n) is 4.35. The molecule has 0 fully saturated rings. The van der Waals surface area contributed by atoms with Crippen molar-refractivity contribution in [1.82, 2.24) is 0 Å². The quantitative estimate of drug-likeness (QED) is 0.720. The molecule has 0 N–H and O–H groups in total. The molecule has 1 nitrogen and oxygen atoms in total. The third-order valence-electron chi connectivity index (χ3n) is 2.72. The number of ketones is 1. The maximum absolute atomic E-state index is 13.6. The van der Waals surface area contributed by atoms with Gasteiger partial charge in [0.25, 0.3) is 0 Å². The summed E-state index contributed by atoms with van der Waals surface area (Å²) in [4.78, 5) is 12.2. The molecule has 0 atom stereocenters. The first-order valence-electron chi connectivity index (χ1n) is 5.70. The van der Waals surface area contributed by atoms with Gasteiger partial charge in [-0.05, 0) is 54.4 Å². The number of Topliss-reactive ketones (excluding diaryl/α,β-unsaturated/α-hetero) is 1. The highest BCUT2D eigenvalue weighted by molar-refractivity contribution is 9.10. The average Bonchev–Trinajstić information content (AvgIpc) is 2.32. The van der Waals surface area contributed by atoms with Crippen LogP contribution in [-0.2, 0) is 6.42 Å². The van der Waals surface area contributed by atoms with E-state index in [9.17, 15) is 9.18 Å². The maximum atomic E-state index is 13.6. The number of benzene rings is 2. The number of halogens is 3. The number of aryl methyl sites for hydroxylation is 1. The minimum absolute atomic E-state index is 0.00227. The van der Waals surface area contributed by atoms with Crippen LogP contribution in [0.25, 0.3) is 0 Å². The highest BCUT2D eigenvalue weighted by Crippen LogP contribution is 2.20. The van der Waals surface area contributed by atoms with Crippen molar-refractivity contribution in [2.45, 2.75) is 13.3 Å². The molecule has 0 unspecified atom stereocenters. The number of rotatable bonds is 3. The van der Waals surface area contributed by atoms with Gasteiger partial charge in [-0.2, -0.15) is 0 Å². The van der Waals surface area contributed by atoms with Crippen LogP contribution in [0, 0.1) is 12.7 Å². The predicted octanol–water partition coefficient (Wildman–Crippen LogP) is 4.98. The summed E-state index contributed by atoms with van der Waals surface area (Å²) in [5, 5.41) is 0.426. The van der Waals surface area contributed by atoms with Gasteiger partial charge in [0.05, 0.1) is 0 Å². The Hall–Kier alpha value is -1.19. The van der Waals surface area contributed by atoms with Gasteiger partial charge in [0.1, 0.15) is 5.82 Å². The number of hydrogen-bond acceptors (Lipinski definition) is 1. The molecule has 0 aliphatic rings. The molecule has 0 radical (unpaired) electrons. The summed E-state index contributed by atoms with van der Waals surface area (Å²) in [6, 6.07) is 9.66. The van der Waals surface area contributed by atoms with Gasteiger partial charge in [0, 0.05) is 21.5 Å². The van der Waals surface area contributed by atoms with E-state index in [-0.39, 0.29) is 12.2 Å². The fourth-order valence-electron chi connectivity index (χ4n) is 1.85. The topological polar surface area (TPSA) is 17.1 Å². The lowest BCUT2D eigenvalue weighted by molar-refractivity contribution is 0.0991. The van der Waals surface area contributed by atoms with Crippen LogP contribution >= 0.6 is 27.5 Å². The largest absolute Gasteiger partial charge is 0.294 e. The molecule has 98 valence electrons. The zero-order chi connectivity index (χ0) is 14.0. The molecule has 0 amide bonds. The van der Waals surface area contributed by atoms with E-state index in [1.54, 1.807) is 12.1 Å². The average molecular weight is 342 g/mol. The molecule has 0 spiro atoms. The third kappa shape index (κ3) is 3.64. The Bertz CT molecular complexity index is 620. The van der Waals surface area contributed by atoms with E-state index in [0.717, 1.165) is 10.0 Å². The van der Waals surface area contributed by atoms with Crippen LogP contribution in [0.1, 0.15) is 21.5 Å². The molecule has 4 heteroatoms. The van der Waals surface area contributed by atoms with E-state index < -0.39 is 5.82 Å². The van der Waals surface area contributed by atoms with Crippen LogP contribution in [0.4, 0.5) is 4.39 Å². The molecule has 0 saturated carbocycles. The molecule has 0 aliphatic heterocycles. The van der Waals surface area contributed by atoms with Gasteiger partial charge >= 0.3 is 0 Å². The highest BCUT2D eigenvalue weighted by Gasteiger charge is 2.12. The third-order valence-corrected chi connectivity index (χ3v) is 3.42. The standard InChI is InChI=1S/C15H11BrClFO/c1-9-4-11(6-12(16)5-9)15(19)8-10-7-13(17)2-3-14(10)18/h2-7H,8H2,1H3. The smallest absolute Gasteiger partial charge is 0.167 e. The Morgan fingerprint density at radius 3 is 2.68 bits per heavy atom. The van der Waals surface area contributed by atoms with Crippen molar-refractivity contribution in [3.8, 4) is 0 Å². The Labute approximate surface area is 124 Å². The number of carbonyl (C=O) groups is 1. The van der Waals surface area contributed by atoms with Crippen molar-refractivity contribution in [2.75, 3.05) is 0 Å². The Balaban J connectivity index is 2.28. The summed E-state index contributed by atoms with van der Waals surface area (Å²) < 4.78 is 14.4. The zero-order valence-corrected chi connectivity index (χ0v) is 12.6. The van der Waals surface area contributed by atoms with E-state index in [0.29, 0.717) is 16.1 Å². The number of hydrogen-bond donors (Lipinski definition) is 0. The summed E-state index contributed by atoms with van der Waals surface area (Å²) in [7, 11) is 0. The summed E-state index contributed by atoms with van der Waals surface area (Å²) in [6.07, 6.45) is 0.00227. The lowest BCUT2D eigenvalue weighted by Gasteiger charge is -2.05. The van der Waals surface area contributed by atoms with Gasteiger partial charge in [0.15, 0.2) is 5.78 Å². The van der Waals surface area contributed by atoms with E-state index >= 15 is 0 Å². The van der Waals surface area contributed by atoms with Gasteiger partial charge in [0.2, 0.25) is 0 Å². The summed E-state index contributed by atoms with van der Waals surface area (Å²) in [5.74, 6) is -0.546. The van der Waals surface area contributed by atoms with Crippen molar-refractivity contribution in [3.05, 3.63) is 68.4 Å². The lowest BCUT2D eigenvalue weighted by atomic mass is 10.0. The molecule has 2 rings (SSSR count). The van der Waals surface area contributed by atoms with Gasteiger partial charge in [-0.3, -0.25) is 4.79 Å². The first-order valence-corrected chi connectivity index (χ1v) is 6.87. The first-order chi connectivity index (χ1) is 8.95. The SMILES string of the molecule is Cc1cc(Br)cc(C(=O)Cc2cc(Cl)ccc2F)c1. The van der Waals surface area contributed by atoms with Crippen LogP contribution < -0.4 is 0 Å². The highest BCUT2D eigenvalue weighted by atomic mass is 79.9.